The van der Waals surface area contributed by atoms with Crippen molar-refractivity contribution in [3.63, 3.8) is 0 Å². The Morgan fingerprint density at radius 2 is 1.83 bits per heavy atom. The van der Waals surface area contributed by atoms with Gasteiger partial charge in [0.05, 0.1) is 17.3 Å². The van der Waals surface area contributed by atoms with E-state index in [0.29, 0.717) is 38.8 Å². The standard InChI is InChI=1S/C14H26N2O5S2/c1-3-9-23(20,21)16-7-4-12(5-8-16)14(17)15(2)13-6-10-22(18,19)11-13/h12-13H,3-11H2,1-2H3. The largest absolute Gasteiger partial charge is 0.341 e. The average Bonchev–Trinajstić information content (AvgIpc) is 2.86. The summed E-state index contributed by atoms with van der Waals surface area (Å²) in [5.74, 6) is 0.0592. The molecule has 0 aromatic carbocycles. The Morgan fingerprint density at radius 1 is 1.22 bits per heavy atom. The first kappa shape index (κ1) is 18.7. The highest BCUT2D eigenvalue weighted by Crippen LogP contribution is 2.25. The van der Waals surface area contributed by atoms with Gasteiger partial charge in [-0.25, -0.2) is 21.1 Å². The van der Waals surface area contributed by atoms with Gasteiger partial charge in [0, 0.05) is 32.1 Å². The summed E-state index contributed by atoms with van der Waals surface area (Å²) in [5, 5.41) is 0. The number of carbonyl (C=O) groups excluding carboxylic acids is 1. The highest BCUT2D eigenvalue weighted by atomic mass is 32.2. The van der Waals surface area contributed by atoms with E-state index < -0.39 is 19.9 Å². The second-order valence-corrected chi connectivity index (χ2v) is 10.8. The Labute approximate surface area is 139 Å². The Balaban J connectivity index is 1.91. The van der Waals surface area contributed by atoms with Crippen LogP contribution in [0.4, 0.5) is 0 Å². The van der Waals surface area contributed by atoms with Gasteiger partial charge in [0.2, 0.25) is 15.9 Å². The number of rotatable bonds is 5. The van der Waals surface area contributed by atoms with E-state index in [0.717, 1.165) is 0 Å². The third-order valence-corrected chi connectivity index (χ3v) is 8.59. The number of hydrogen-bond donors (Lipinski definition) is 0. The summed E-state index contributed by atoms with van der Waals surface area (Å²) in [6.07, 6.45) is 2.09. The number of sulfonamides is 1. The van der Waals surface area contributed by atoms with E-state index >= 15 is 0 Å². The fraction of sp³-hybridized carbons (Fsp3) is 0.929. The number of hydrogen-bond acceptors (Lipinski definition) is 5. The van der Waals surface area contributed by atoms with Crippen LogP contribution in [0.15, 0.2) is 0 Å². The molecule has 0 saturated carbocycles. The quantitative estimate of drug-likeness (QED) is 0.687. The zero-order valence-electron chi connectivity index (χ0n) is 13.8. The maximum absolute atomic E-state index is 12.5. The van der Waals surface area contributed by atoms with Crippen LogP contribution in [-0.4, -0.2) is 75.4 Å². The Hall–Kier alpha value is -0.670. The number of sulfone groups is 1. The van der Waals surface area contributed by atoms with E-state index in [4.69, 9.17) is 0 Å². The number of nitrogens with zero attached hydrogens (tertiary/aromatic N) is 2. The first-order chi connectivity index (χ1) is 10.7. The molecular weight excluding hydrogens is 340 g/mol. The summed E-state index contributed by atoms with van der Waals surface area (Å²) in [7, 11) is -4.56. The molecule has 0 aromatic heterocycles. The predicted octanol–water partition coefficient (Wildman–Crippen LogP) is 0.0837. The van der Waals surface area contributed by atoms with Crippen molar-refractivity contribution in [1.82, 2.24) is 9.21 Å². The molecule has 2 heterocycles. The minimum absolute atomic E-state index is 0.0406. The topological polar surface area (TPSA) is 91.8 Å². The average molecular weight is 367 g/mol. The van der Waals surface area contributed by atoms with Crippen LogP contribution >= 0.6 is 0 Å². The molecule has 2 aliphatic rings. The van der Waals surface area contributed by atoms with Gasteiger partial charge in [-0.1, -0.05) is 6.92 Å². The molecule has 0 radical (unpaired) electrons. The van der Waals surface area contributed by atoms with Crippen LogP contribution < -0.4 is 0 Å². The molecule has 1 amide bonds. The highest BCUT2D eigenvalue weighted by Gasteiger charge is 2.37. The summed E-state index contributed by atoms with van der Waals surface area (Å²) in [4.78, 5) is 14.1. The first-order valence-corrected chi connectivity index (χ1v) is 11.5. The van der Waals surface area contributed by atoms with Crippen molar-refractivity contribution >= 4 is 25.8 Å². The van der Waals surface area contributed by atoms with Gasteiger partial charge >= 0.3 is 0 Å². The molecule has 0 aromatic rings. The summed E-state index contributed by atoms with van der Waals surface area (Å²) >= 11 is 0. The first-order valence-electron chi connectivity index (χ1n) is 8.11. The molecule has 0 N–H and O–H groups in total. The second kappa shape index (κ2) is 7.06. The molecule has 2 aliphatic heterocycles. The summed E-state index contributed by atoms with van der Waals surface area (Å²) in [5.41, 5.74) is 0. The number of carbonyl (C=O) groups is 1. The predicted molar refractivity (Wildman–Crippen MR) is 88.2 cm³/mol. The lowest BCUT2D eigenvalue weighted by Gasteiger charge is -2.34. The zero-order valence-corrected chi connectivity index (χ0v) is 15.4. The van der Waals surface area contributed by atoms with Crippen molar-refractivity contribution in [2.24, 2.45) is 5.92 Å². The van der Waals surface area contributed by atoms with Gasteiger partial charge in [0.25, 0.3) is 0 Å². The van der Waals surface area contributed by atoms with Crippen LogP contribution in [0.25, 0.3) is 0 Å². The van der Waals surface area contributed by atoms with Crippen LogP contribution in [0.2, 0.25) is 0 Å². The molecule has 1 unspecified atom stereocenters. The maximum atomic E-state index is 12.5. The van der Waals surface area contributed by atoms with Gasteiger partial charge in [-0.05, 0) is 25.7 Å². The molecule has 134 valence electrons. The van der Waals surface area contributed by atoms with Gasteiger partial charge in [-0.2, -0.15) is 0 Å². The van der Waals surface area contributed by atoms with Crippen molar-refractivity contribution in [2.75, 3.05) is 37.4 Å². The van der Waals surface area contributed by atoms with Gasteiger partial charge in [-0.3, -0.25) is 4.79 Å². The zero-order chi connectivity index (χ0) is 17.3. The molecular formula is C14H26N2O5S2. The van der Waals surface area contributed by atoms with Gasteiger partial charge < -0.3 is 4.90 Å². The fourth-order valence-corrected chi connectivity index (χ4v) is 6.63. The molecule has 2 fully saturated rings. The van der Waals surface area contributed by atoms with Crippen molar-refractivity contribution in [2.45, 2.75) is 38.6 Å². The maximum Gasteiger partial charge on any atom is 0.225 e. The van der Waals surface area contributed by atoms with Crippen LogP contribution in [0, 0.1) is 5.92 Å². The molecule has 9 heteroatoms. The minimum Gasteiger partial charge on any atom is -0.341 e. The SMILES string of the molecule is CCCS(=O)(=O)N1CCC(C(=O)N(C)C2CCS(=O)(=O)C2)CC1. The fourth-order valence-electron chi connectivity index (χ4n) is 3.32. The lowest BCUT2D eigenvalue weighted by molar-refractivity contribution is -0.137. The van der Waals surface area contributed by atoms with E-state index in [2.05, 4.69) is 0 Å². The number of piperidine rings is 1. The van der Waals surface area contributed by atoms with E-state index in [1.807, 2.05) is 6.92 Å². The third-order valence-electron chi connectivity index (χ3n) is 4.76. The molecule has 2 rings (SSSR count). The van der Waals surface area contributed by atoms with Crippen molar-refractivity contribution in [1.29, 1.82) is 0 Å². The minimum atomic E-state index is -3.20. The third kappa shape index (κ3) is 4.45. The van der Waals surface area contributed by atoms with Crippen molar-refractivity contribution in [3.8, 4) is 0 Å². The van der Waals surface area contributed by atoms with Gasteiger partial charge in [-0.15, -0.1) is 0 Å². The Morgan fingerprint density at radius 3 is 2.30 bits per heavy atom. The van der Waals surface area contributed by atoms with E-state index in [9.17, 15) is 21.6 Å². The molecule has 0 spiro atoms. The van der Waals surface area contributed by atoms with E-state index in [-0.39, 0.29) is 35.1 Å². The van der Waals surface area contributed by atoms with E-state index in [1.54, 1.807) is 11.9 Å². The van der Waals surface area contributed by atoms with Crippen molar-refractivity contribution in [3.05, 3.63) is 0 Å². The molecule has 0 bridgehead atoms. The van der Waals surface area contributed by atoms with Crippen LogP contribution in [-0.2, 0) is 24.7 Å². The lowest BCUT2D eigenvalue weighted by Crippen LogP contribution is -2.46. The summed E-state index contributed by atoms with van der Waals surface area (Å²) in [6.45, 7) is 2.57. The van der Waals surface area contributed by atoms with Crippen LogP contribution in [0.3, 0.4) is 0 Å². The lowest BCUT2D eigenvalue weighted by atomic mass is 9.96. The van der Waals surface area contributed by atoms with Crippen molar-refractivity contribution < 1.29 is 21.6 Å². The summed E-state index contributed by atoms with van der Waals surface area (Å²) < 4.78 is 48.6. The Bertz CT molecular complexity index is 636. The Kier molecular flexibility index (Phi) is 5.73. The molecule has 1 atom stereocenters. The molecule has 23 heavy (non-hydrogen) atoms. The smallest absolute Gasteiger partial charge is 0.225 e. The highest BCUT2D eigenvalue weighted by molar-refractivity contribution is 7.91. The van der Waals surface area contributed by atoms with Gasteiger partial charge in [0.1, 0.15) is 0 Å². The summed E-state index contributed by atoms with van der Waals surface area (Å²) in [6, 6.07) is -0.241. The van der Waals surface area contributed by atoms with Crippen LogP contribution in [0.5, 0.6) is 0 Å². The number of amides is 1. The van der Waals surface area contributed by atoms with Gasteiger partial charge in [0.15, 0.2) is 9.84 Å². The molecule has 0 aliphatic carbocycles. The normalized spacial score (nSPS) is 26.3. The molecule has 7 nitrogen and oxygen atoms in total. The molecule has 2 saturated heterocycles. The monoisotopic (exact) mass is 366 g/mol. The second-order valence-electron chi connectivity index (χ2n) is 6.50. The van der Waals surface area contributed by atoms with E-state index in [1.165, 1.54) is 4.31 Å². The van der Waals surface area contributed by atoms with Crippen LogP contribution in [0.1, 0.15) is 32.6 Å².